The summed E-state index contributed by atoms with van der Waals surface area (Å²) in [5.74, 6) is -0.509. The molecule has 6 nitrogen and oxygen atoms in total. The van der Waals surface area contributed by atoms with Crippen molar-refractivity contribution >= 4 is 11.9 Å². The summed E-state index contributed by atoms with van der Waals surface area (Å²) in [4.78, 5) is 25.1. The quantitative estimate of drug-likeness (QED) is 0.822. The van der Waals surface area contributed by atoms with Crippen LogP contribution in [0, 0.1) is 13.8 Å². The second kappa shape index (κ2) is 7.94. The second-order valence-electron chi connectivity index (χ2n) is 7.26. The van der Waals surface area contributed by atoms with E-state index in [4.69, 9.17) is 4.74 Å². The number of carbonyl (C=O) groups is 2. The number of hydrogen-bond acceptors (Lipinski definition) is 4. The third-order valence-corrected chi connectivity index (χ3v) is 5.44. The highest BCUT2D eigenvalue weighted by Crippen LogP contribution is 2.29. The number of carbonyl (C=O) groups excluding carboxylic acids is 2. The maximum Gasteiger partial charge on any atom is 0.331 e. The molecule has 1 aliphatic carbocycles. The third-order valence-electron chi connectivity index (χ3n) is 5.44. The van der Waals surface area contributed by atoms with Gasteiger partial charge in [0.15, 0.2) is 0 Å². The molecule has 144 valence electrons. The Bertz CT molecular complexity index is 821. The van der Waals surface area contributed by atoms with E-state index in [1.165, 1.54) is 7.11 Å². The molecule has 1 aromatic heterocycles. The maximum atomic E-state index is 12.8. The first-order valence-electron chi connectivity index (χ1n) is 9.47. The monoisotopic (exact) mass is 369 g/mol. The van der Waals surface area contributed by atoms with Crippen molar-refractivity contribution in [3.8, 4) is 5.69 Å². The topological polar surface area (TPSA) is 73.2 Å². The van der Waals surface area contributed by atoms with Gasteiger partial charge in [0.1, 0.15) is 5.54 Å². The van der Waals surface area contributed by atoms with Gasteiger partial charge >= 0.3 is 5.97 Å². The molecule has 3 rings (SSSR count). The lowest BCUT2D eigenvalue weighted by Gasteiger charge is -2.35. The molecule has 6 heteroatoms. The summed E-state index contributed by atoms with van der Waals surface area (Å²) in [7, 11) is 1.38. The van der Waals surface area contributed by atoms with Crippen LogP contribution < -0.4 is 5.32 Å². The van der Waals surface area contributed by atoms with Crippen molar-refractivity contribution in [3.05, 3.63) is 47.3 Å². The lowest BCUT2D eigenvalue weighted by atomic mass is 9.81. The molecule has 0 unspecified atom stereocenters. The third kappa shape index (κ3) is 3.89. The lowest BCUT2D eigenvalue weighted by Crippen LogP contribution is -2.56. The van der Waals surface area contributed by atoms with Crippen LogP contribution in [0.4, 0.5) is 0 Å². The minimum Gasteiger partial charge on any atom is -0.467 e. The molecule has 0 radical (unpaired) electrons. The fourth-order valence-corrected chi connectivity index (χ4v) is 3.95. The van der Waals surface area contributed by atoms with Crippen LogP contribution in [0.5, 0.6) is 0 Å². The lowest BCUT2D eigenvalue weighted by molar-refractivity contribution is -0.152. The summed E-state index contributed by atoms with van der Waals surface area (Å²) in [6.07, 6.45) is 4.37. The van der Waals surface area contributed by atoms with E-state index in [1.807, 2.05) is 48.9 Å². The number of amides is 1. The first-order valence-corrected chi connectivity index (χ1v) is 9.47. The molecular weight excluding hydrogens is 342 g/mol. The molecule has 0 bridgehead atoms. The predicted molar refractivity (Wildman–Crippen MR) is 103 cm³/mol. The van der Waals surface area contributed by atoms with Crippen molar-refractivity contribution in [2.75, 3.05) is 7.11 Å². The number of nitrogens with one attached hydrogen (secondary N) is 1. The molecule has 0 aliphatic heterocycles. The van der Waals surface area contributed by atoms with Gasteiger partial charge in [-0.3, -0.25) is 4.79 Å². The van der Waals surface area contributed by atoms with Gasteiger partial charge in [0.25, 0.3) is 0 Å². The van der Waals surface area contributed by atoms with E-state index in [0.29, 0.717) is 12.8 Å². The Morgan fingerprint density at radius 3 is 2.44 bits per heavy atom. The first kappa shape index (κ1) is 19.1. The van der Waals surface area contributed by atoms with Gasteiger partial charge in [-0.25, -0.2) is 9.48 Å². The van der Waals surface area contributed by atoms with Crippen LogP contribution in [0.1, 0.15) is 49.1 Å². The molecule has 1 heterocycles. The van der Waals surface area contributed by atoms with E-state index < -0.39 is 5.54 Å². The fraction of sp³-hybridized carbons (Fsp3) is 0.476. The van der Waals surface area contributed by atoms with E-state index in [1.54, 1.807) is 0 Å². The van der Waals surface area contributed by atoms with Crippen LogP contribution in [0.2, 0.25) is 0 Å². The maximum absolute atomic E-state index is 12.8. The molecule has 1 saturated carbocycles. The van der Waals surface area contributed by atoms with E-state index in [-0.39, 0.29) is 18.3 Å². The number of nitrogens with zero attached hydrogens (tertiary/aromatic N) is 2. The van der Waals surface area contributed by atoms with Crippen LogP contribution in [-0.4, -0.2) is 34.3 Å². The van der Waals surface area contributed by atoms with Gasteiger partial charge in [0.05, 0.1) is 24.9 Å². The summed E-state index contributed by atoms with van der Waals surface area (Å²) in [6, 6.07) is 9.85. The normalized spacial score (nSPS) is 16.0. The Morgan fingerprint density at radius 2 is 1.81 bits per heavy atom. The Labute approximate surface area is 159 Å². The number of aryl methyl sites for hydroxylation is 1. The van der Waals surface area contributed by atoms with Gasteiger partial charge in [-0.1, -0.05) is 37.5 Å². The van der Waals surface area contributed by atoms with E-state index in [0.717, 1.165) is 41.9 Å². The summed E-state index contributed by atoms with van der Waals surface area (Å²) >= 11 is 0. The van der Waals surface area contributed by atoms with Gasteiger partial charge in [-0.05, 0) is 38.8 Å². The van der Waals surface area contributed by atoms with Crippen LogP contribution in [-0.2, 0) is 20.7 Å². The van der Waals surface area contributed by atoms with E-state index >= 15 is 0 Å². The highest BCUT2D eigenvalue weighted by Gasteiger charge is 2.42. The van der Waals surface area contributed by atoms with Crippen LogP contribution in [0.15, 0.2) is 30.3 Å². The molecule has 27 heavy (non-hydrogen) atoms. The molecule has 0 atom stereocenters. The van der Waals surface area contributed by atoms with Crippen molar-refractivity contribution in [2.45, 2.75) is 57.9 Å². The summed E-state index contributed by atoms with van der Waals surface area (Å²) in [6.45, 7) is 3.87. The van der Waals surface area contributed by atoms with Gasteiger partial charge in [-0.15, -0.1) is 0 Å². The van der Waals surface area contributed by atoms with Crippen LogP contribution in [0.25, 0.3) is 5.69 Å². The average molecular weight is 369 g/mol. The summed E-state index contributed by atoms with van der Waals surface area (Å²) in [5, 5.41) is 7.58. The minimum atomic E-state index is -0.888. The molecule has 0 spiro atoms. The Hall–Kier alpha value is -2.63. The van der Waals surface area contributed by atoms with Gasteiger partial charge in [-0.2, -0.15) is 5.10 Å². The standard InChI is InChI=1S/C21H27N3O3/c1-15-18(16(2)24(23-15)17-10-6-4-7-11-17)14-19(25)22-21(20(26)27-3)12-8-5-9-13-21/h4,6-7,10-11H,5,8-9,12-14H2,1-3H3,(H,22,25). The van der Waals surface area contributed by atoms with Crippen molar-refractivity contribution in [3.63, 3.8) is 0 Å². The molecule has 1 amide bonds. The number of benzene rings is 1. The van der Waals surface area contributed by atoms with Crippen molar-refractivity contribution < 1.29 is 14.3 Å². The highest BCUT2D eigenvalue weighted by molar-refractivity contribution is 5.89. The molecular formula is C21H27N3O3. The van der Waals surface area contributed by atoms with Gasteiger partial charge in [0, 0.05) is 11.3 Å². The van der Waals surface area contributed by atoms with Gasteiger partial charge in [0.2, 0.25) is 5.91 Å². The SMILES string of the molecule is COC(=O)C1(NC(=O)Cc2c(C)nn(-c3ccccc3)c2C)CCCCC1. The van der Waals surface area contributed by atoms with Crippen molar-refractivity contribution in [1.82, 2.24) is 15.1 Å². The summed E-state index contributed by atoms with van der Waals surface area (Å²) in [5.41, 5.74) is 2.73. The number of aromatic nitrogens is 2. The van der Waals surface area contributed by atoms with Crippen LogP contribution >= 0.6 is 0 Å². The summed E-state index contributed by atoms with van der Waals surface area (Å²) < 4.78 is 6.84. The largest absolute Gasteiger partial charge is 0.467 e. The fourth-order valence-electron chi connectivity index (χ4n) is 3.95. The number of esters is 1. The Morgan fingerprint density at radius 1 is 1.15 bits per heavy atom. The average Bonchev–Trinajstić information content (AvgIpc) is 2.97. The van der Waals surface area contributed by atoms with Gasteiger partial charge < -0.3 is 10.1 Å². The Kier molecular flexibility index (Phi) is 5.63. The van der Waals surface area contributed by atoms with E-state index in [9.17, 15) is 9.59 Å². The van der Waals surface area contributed by atoms with Crippen molar-refractivity contribution in [2.24, 2.45) is 0 Å². The zero-order valence-corrected chi connectivity index (χ0v) is 16.2. The number of ether oxygens (including phenoxy) is 1. The molecule has 2 aromatic rings. The molecule has 1 aromatic carbocycles. The first-order chi connectivity index (χ1) is 13.0. The zero-order chi connectivity index (χ0) is 19.4. The predicted octanol–water partition coefficient (Wildman–Crippen LogP) is 3.02. The van der Waals surface area contributed by atoms with E-state index in [2.05, 4.69) is 10.4 Å². The number of rotatable bonds is 5. The molecule has 1 fully saturated rings. The number of para-hydroxylation sites is 1. The number of methoxy groups -OCH3 is 1. The molecule has 0 saturated heterocycles. The second-order valence-corrected chi connectivity index (χ2v) is 7.26. The zero-order valence-electron chi connectivity index (χ0n) is 16.2. The molecule has 1 N–H and O–H groups in total. The Balaban J connectivity index is 1.80. The smallest absolute Gasteiger partial charge is 0.331 e. The highest BCUT2D eigenvalue weighted by atomic mass is 16.5. The number of hydrogen-bond donors (Lipinski definition) is 1. The van der Waals surface area contributed by atoms with Crippen molar-refractivity contribution in [1.29, 1.82) is 0 Å². The molecule has 1 aliphatic rings. The van der Waals surface area contributed by atoms with Crippen LogP contribution in [0.3, 0.4) is 0 Å². The minimum absolute atomic E-state index is 0.166.